The van der Waals surface area contributed by atoms with Gasteiger partial charge >= 0.3 is 0 Å². The van der Waals surface area contributed by atoms with E-state index in [1.807, 2.05) is 31.2 Å². The zero-order chi connectivity index (χ0) is 19.2. The molecule has 2 heterocycles. The molecule has 0 aliphatic rings. The van der Waals surface area contributed by atoms with Crippen LogP contribution in [0.1, 0.15) is 16.9 Å². The number of aromatic nitrogens is 2. The highest BCUT2D eigenvalue weighted by atomic mass is 16.5. The lowest BCUT2D eigenvalue weighted by Gasteiger charge is -2.11. The minimum Gasteiger partial charge on any atom is -0.493 e. The van der Waals surface area contributed by atoms with E-state index in [0.29, 0.717) is 24.6 Å². The van der Waals surface area contributed by atoms with Gasteiger partial charge in [0.2, 0.25) is 0 Å². The van der Waals surface area contributed by atoms with E-state index in [1.165, 1.54) is 0 Å². The highest BCUT2D eigenvalue weighted by Crippen LogP contribution is 2.28. The van der Waals surface area contributed by atoms with E-state index in [9.17, 15) is 4.79 Å². The second kappa shape index (κ2) is 8.41. The molecule has 4 N–H and O–H groups in total. The standard InChI is InChI=1S/C19H22N4O4/c1-12-3-5-16(27-12)19-14(10-22-23-19)9-21-8-13-4-6-15(17(7-13)25-2)26-11-18(20)24/h3-7,10,21H,8-9,11H2,1-2H3,(H2,20,24)(H,22,23). The van der Waals surface area contributed by atoms with Crippen LogP contribution in [0.3, 0.4) is 0 Å². The summed E-state index contributed by atoms with van der Waals surface area (Å²) in [6, 6.07) is 9.35. The third-order valence-corrected chi connectivity index (χ3v) is 3.95. The van der Waals surface area contributed by atoms with E-state index in [-0.39, 0.29) is 6.61 Å². The second-order valence-electron chi connectivity index (χ2n) is 6.02. The van der Waals surface area contributed by atoms with Crippen molar-refractivity contribution in [1.29, 1.82) is 0 Å². The SMILES string of the molecule is COc1cc(CNCc2cn[nH]c2-c2ccc(C)o2)ccc1OCC(N)=O. The van der Waals surface area contributed by atoms with E-state index in [4.69, 9.17) is 19.6 Å². The van der Waals surface area contributed by atoms with Gasteiger partial charge in [0.15, 0.2) is 23.9 Å². The Morgan fingerprint density at radius 1 is 1.26 bits per heavy atom. The highest BCUT2D eigenvalue weighted by Gasteiger charge is 2.11. The first-order valence-electron chi connectivity index (χ1n) is 8.44. The summed E-state index contributed by atoms with van der Waals surface area (Å²) in [5, 5.41) is 10.5. The summed E-state index contributed by atoms with van der Waals surface area (Å²) in [6.07, 6.45) is 1.78. The largest absolute Gasteiger partial charge is 0.493 e. The van der Waals surface area contributed by atoms with Gasteiger partial charge in [0.25, 0.3) is 5.91 Å². The minimum atomic E-state index is -0.537. The predicted molar refractivity (Wildman–Crippen MR) is 99.3 cm³/mol. The number of carbonyl (C=O) groups excluding carboxylic acids is 1. The number of hydrogen-bond donors (Lipinski definition) is 3. The number of nitrogens with zero attached hydrogens (tertiary/aromatic N) is 1. The number of rotatable bonds is 9. The number of ether oxygens (including phenoxy) is 2. The number of nitrogens with one attached hydrogen (secondary N) is 2. The van der Waals surface area contributed by atoms with Crippen molar-refractivity contribution in [3.05, 3.63) is 53.4 Å². The van der Waals surface area contributed by atoms with Crippen molar-refractivity contribution in [3.63, 3.8) is 0 Å². The van der Waals surface area contributed by atoms with Crippen LogP contribution in [-0.4, -0.2) is 29.8 Å². The van der Waals surface area contributed by atoms with Crippen molar-refractivity contribution in [2.24, 2.45) is 5.73 Å². The molecule has 8 nitrogen and oxygen atoms in total. The summed E-state index contributed by atoms with van der Waals surface area (Å²) < 4.78 is 16.3. The maximum absolute atomic E-state index is 10.9. The zero-order valence-corrected chi connectivity index (χ0v) is 15.2. The average molecular weight is 370 g/mol. The van der Waals surface area contributed by atoms with Crippen LogP contribution < -0.4 is 20.5 Å². The van der Waals surface area contributed by atoms with Crippen molar-refractivity contribution in [1.82, 2.24) is 15.5 Å². The first kappa shape index (κ1) is 18.5. The number of carbonyl (C=O) groups is 1. The fourth-order valence-corrected chi connectivity index (χ4v) is 2.66. The van der Waals surface area contributed by atoms with Crippen LogP contribution in [-0.2, 0) is 17.9 Å². The Hall–Kier alpha value is -3.26. The van der Waals surface area contributed by atoms with Gasteiger partial charge in [0, 0.05) is 18.7 Å². The van der Waals surface area contributed by atoms with E-state index >= 15 is 0 Å². The Kier molecular flexibility index (Phi) is 5.77. The Labute approximate surface area is 156 Å². The lowest BCUT2D eigenvalue weighted by atomic mass is 10.1. The molecule has 0 unspecified atom stereocenters. The molecule has 0 bridgehead atoms. The average Bonchev–Trinajstić information content (AvgIpc) is 3.29. The van der Waals surface area contributed by atoms with Gasteiger partial charge in [-0.05, 0) is 36.8 Å². The smallest absolute Gasteiger partial charge is 0.255 e. The summed E-state index contributed by atoms with van der Waals surface area (Å²) in [6.45, 7) is 2.95. The quantitative estimate of drug-likeness (QED) is 0.531. The van der Waals surface area contributed by atoms with E-state index in [2.05, 4.69) is 15.5 Å². The number of benzene rings is 1. The number of aryl methyl sites for hydroxylation is 1. The van der Waals surface area contributed by atoms with Gasteiger partial charge in [-0.15, -0.1) is 0 Å². The molecular formula is C19H22N4O4. The van der Waals surface area contributed by atoms with Gasteiger partial charge in [0.05, 0.1) is 13.3 Å². The normalized spacial score (nSPS) is 10.7. The second-order valence-corrected chi connectivity index (χ2v) is 6.02. The molecule has 1 amide bonds. The number of hydrogen-bond acceptors (Lipinski definition) is 6. The van der Waals surface area contributed by atoms with Crippen molar-refractivity contribution < 1.29 is 18.7 Å². The summed E-state index contributed by atoms with van der Waals surface area (Å²) in [7, 11) is 1.55. The van der Waals surface area contributed by atoms with Crippen LogP contribution in [0.25, 0.3) is 11.5 Å². The molecule has 142 valence electrons. The molecule has 0 radical (unpaired) electrons. The first-order valence-corrected chi connectivity index (χ1v) is 8.44. The van der Waals surface area contributed by atoms with Gasteiger partial charge in [0.1, 0.15) is 11.5 Å². The number of amides is 1. The van der Waals surface area contributed by atoms with E-state index in [1.54, 1.807) is 19.4 Å². The number of H-pyrrole nitrogens is 1. The zero-order valence-electron chi connectivity index (χ0n) is 15.2. The summed E-state index contributed by atoms with van der Waals surface area (Å²) in [5.74, 6) is 2.10. The molecule has 0 aliphatic heterocycles. The van der Waals surface area contributed by atoms with E-state index in [0.717, 1.165) is 28.3 Å². The van der Waals surface area contributed by atoms with Crippen molar-refractivity contribution >= 4 is 5.91 Å². The van der Waals surface area contributed by atoms with Crippen LogP contribution in [0.4, 0.5) is 0 Å². The van der Waals surface area contributed by atoms with Crippen LogP contribution in [0.15, 0.2) is 40.9 Å². The maximum atomic E-state index is 10.9. The lowest BCUT2D eigenvalue weighted by molar-refractivity contribution is -0.119. The van der Waals surface area contributed by atoms with Crippen LogP contribution in [0, 0.1) is 6.92 Å². The van der Waals surface area contributed by atoms with Crippen molar-refractivity contribution in [2.45, 2.75) is 20.0 Å². The molecule has 8 heteroatoms. The van der Waals surface area contributed by atoms with Gasteiger partial charge in [-0.3, -0.25) is 9.89 Å². The number of aromatic amines is 1. The Balaban J connectivity index is 1.61. The monoisotopic (exact) mass is 370 g/mol. The van der Waals surface area contributed by atoms with Gasteiger partial charge < -0.3 is 24.9 Å². The van der Waals surface area contributed by atoms with Gasteiger partial charge in [-0.25, -0.2) is 0 Å². The Bertz CT molecular complexity index is 916. The molecule has 0 fully saturated rings. The molecule has 3 rings (SSSR count). The number of furan rings is 1. The maximum Gasteiger partial charge on any atom is 0.255 e. The molecule has 0 saturated heterocycles. The fourth-order valence-electron chi connectivity index (χ4n) is 2.66. The summed E-state index contributed by atoms with van der Waals surface area (Å²) in [4.78, 5) is 10.9. The Morgan fingerprint density at radius 2 is 2.11 bits per heavy atom. The van der Waals surface area contributed by atoms with Crippen LogP contribution in [0.5, 0.6) is 11.5 Å². The molecular weight excluding hydrogens is 348 g/mol. The van der Waals surface area contributed by atoms with Gasteiger partial charge in [-0.1, -0.05) is 6.07 Å². The van der Waals surface area contributed by atoms with Crippen molar-refractivity contribution in [3.8, 4) is 23.0 Å². The Morgan fingerprint density at radius 3 is 2.81 bits per heavy atom. The third kappa shape index (κ3) is 4.68. The first-order chi connectivity index (χ1) is 13.1. The molecule has 0 spiro atoms. The van der Waals surface area contributed by atoms with Crippen LogP contribution >= 0.6 is 0 Å². The lowest BCUT2D eigenvalue weighted by Crippen LogP contribution is -2.20. The molecule has 0 aliphatic carbocycles. The molecule has 1 aromatic carbocycles. The summed E-state index contributed by atoms with van der Waals surface area (Å²) >= 11 is 0. The number of methoxy groups -OCH3 is 1. The minimum absolute atomic E-state index is 0.191. The molecule has 0 atom stereocenters. The van der Waals surface area contributed by atoms with Gasteiger partial charge in [-0.2, -0.15) is 5.10 Å². The topological polar surface area (TPSA) is 115 Å². The molecule has 27 heavy (non-hydrogen) atoms. The third-order valence-electron chi connectivity index (χ3n) is 3.95. The molecule has 3 aromatic rings. The van der Waals surface area contributed by atoms with Crippen molar-refractivity contribution in [2.75, 3.05) is 13.7 Å². The molecule has 2 aromatic heterocycles. The van der Waals surface area contributed by atoms with E-state index < -0.39 is 5.91 Å². The summed E-state index contributed by atoms with van der Waals surface area (Å²) in [5.41, 5.74) is 7.99. The predicted octanol–water partition coefficient (Wildman–Crippen LogP) is 2.14. The fraction of sp³-hybridized carbons (Fsp3) is 0.263. The number of nitrogens with two attached hydrogens (primary N) is 1. The highest BCUT2D eigenvalue weighted by molar-refractivity contribution is 5.75. The molecule has 0 saturated carbocycles. The number of primary amides is 1. The van der Waals surface area contributed by atoms with Crippen LogP contribution in [0.2, 0.25) is 0 Å².